The first kappa shape index (κ1) is 51.2. The van der Waals surface area contributed by atoms with E-state index in [1.807, 2.05) is 0 Å². The fraction of sp³-hybridized carbons (Fsp3) is 0.864. The Morgan fingerprint density at radius 1 is 0.500 bits per heavy atom. The fourth-order valence-corrected chi connectivity index (χ4v) is 6.28. The summed E-state index contributed by atoms with van der Waals surface area (Å²) < 4.78 is 12.3. The van der Waals surface area contributed by atoms with Crippen molar-refractivity contribution in [2.75, 3.05) is 33.3 Å². The second-order valence-electron chi connectivity index (χ2n) is 14.9. The van der Waals surface area contributed by atoms with Crippen molar-refractivity contribution in [3.63, 3.8) is 0 Å². The molecule has 0 aliphatic heterocycles. The third-order valence-electron chi connectivity index (χ3n) is 10.2. The molecule has 0 heterocycles. The molecule has 1 atom stereocenters. The van der Waals surface area contributed by atoms with Gasteiger partial charge in [0, 0.05) is 12.8 Å². The van der Waals surface area contributed by atoms with Crippen LogP contribution in [-0.4, -0.2) is 55.8 Å². The van der Waals surface area contributed by atoms with Gasteiger partial charge in [0.15, 0.2) is 6.10 Å². The molecule has 0 N–H and O–H groups in total. The molecule has 0 bridgehead atoms. The maximum atomic E-state index is 12.7. The van der Waals surface area contributed by atoms with Gasteiger partial charge in [-0.1, -0.05) is 141 Å². The highest BCUT2D eigenvalue weighted by Gasteiger charge is 2.27. The molecule has 0 amide bonds. The van der Waals surface area contributed by atoms with Crippen LogP contribution in [0.1, 0.15) is 207 Å². The quantitative estimate of drug-likeness (QED) is 0.0206. The largest absolute Gasteiger partial charge is 1.00 e. The van der Waals surface area contributed by atoms with Gasteiger partial charge in [-0.25, -0.2) is 0 Å². The van der Waals surface area contributed by atoms with Gasteiger partial charge in [-0.15, -0.1) is 0 Å². The molecule has 0 saturated heterocycles. The van der Waals surface area contributed by atoms with E-state index in [1.165, 1.54) is 128 Å². The summed E-state index contributed by atoms with van der Waals surface area (Å²) in [5.41, 5.74) is 0. The molecular formula is C44H84INO4. The normalized spacial score (nSPS) is 12.4. The van der Waals surface area contributed by atoms with E-state index < -0.39 is 6.10 Å². The summed E-state index contributed by atoms with van der Waals surface area (Å²) in [4.78, 5) is 25.3. The van der Waals surface area contributed by atoms with Gasteiger partial charge in [0.2, 0.25) is 0 Å². The van der Waals surface area contributed by atoms with Crippen molar-refractivity contribution in [2.45, 2.75) is 214 Å². The lowest BCUT2D eigenvalue weighted by Gasteiger charge is -2.35. The standard InChI is InChI=1S/C44H84NO4.HI/c1-6-10-12-14-16-18-20-22-24-26-28-30-32-34-36-38-43(46)48-41-42(40-45(5,8-3)9-4)49-44(47)39-37-35-33-31-29-27-25-23-21-19-17-15-13-11-7-2;/h22-25,42H,6-21,26-41H2,1-5H3;1H/q+1;/p-1/b24-22+,25-23+;. The van der Waals surface area contributed by atoms with Crippen molar-refractivity contribution in [1.29, 1.82) is 0 Å². The second kappa shape index (κ2) is 39.3. The van der Waals surface area contributed by atoms with E-state index in [2.05, 4.69) is 59.0 Å². The summed E-state index contributed by atoms with van der Waals surface area (Å²) in [5.74, 6) is -0.326. The molecule has 0 spiro atoms. The monoisotopic (exact) mass is 818 g/mol. The van der Waals surface area contributed by atoms with Crippen LogP contribution in [0.5, 0.6) is 0 Å². The second-order valence-corrected chi connectivity index (χ2v) is 14.9. The Morgan fingerprint density at radius 3 is 1.22 bits per heavy atom. The molecule has 0 saturated carbocycles. The molecule has 0 aliphatic carbocycles. The highest BCUT2D eigenvalue weighted by molar-refractivity contribution is 5.70. The number of esters is 2. The number of likely N-dealkylation sites (N-methyl/N-ethyl adjacent to an activating group) is 1. The van der Waals surface area contributed by atoms with Gasteiger partial charge in [0.05, 0.1) is 20.1 Å². The smallest absolute Gasteiger partial charge is 0.306 e. The Balaban J connectivity index is 0. The lowest BCUT2D eigenvalue weighted by molar-refractivity contribution is -0.908. The maximum absolute atomic E-state index is 12.7. The summed E-state index contributed by atoms with van der Waals surface area (Å²) >= 11 is 0. The molecule has 0 fully saturated rings. The number of hydrogen-bond donors (Lipinski definition) is 0. The van der Waals surface area contributed by atoms with Gasteiger partial charge in [-0.3, -0.25) is 9.59 Å². The molecule has 50 heavy (non-hydrogen) atoms. The van der Waals surface area contributed by atoms with Crippen LogP contribution < -0.4 is 24.0 Å². The van der Waals surface area contributed by atoms with Crippen molar-refractivity contribution in [1.82, 2.24) is 0 Å². The topological polar surface area (TPSA) is 52.6 Å². The number of ether oxygens (including phenoxy) is 2. The molecular weight excluding hydrogens is 733 g/mol. The van der Waals surface area contributed by atoms with E-state index in [1.54, 1.807) is 0 Å². The number of quaternary nitrogens is 1. The Morgan fingerprint density at radius 2 is 0.840 bits per heavy atom. The van der Waals surface area contributed by atoms with E-state index in [4.69, 9.17) is 9.47 Å². The first-order valence-corrected chi connectivity index (χ1v) is 21.4. The van der Waals surface area contributed by atoms with Crippen molar-refractivity contribution in [3.8, 4) is 0 Å². The average molecular weight is 818 g/mol. The maximum Gasteiger partial charge on any atom is 0.306 e. The van der Waals surface area contributed by atoms with E-state index in [0.717, 1.165) is 56.1 Å². The minimum atomic E-state index is -0.390. The van der Waals surface area contributed by atoms with E-state index in [0.29, 0.717) is 19.4 Å². The first-order valence-electron chi connectivity index (χ1n) is 21.4. The number of hydrogen-bond acceptors (Lipinski definition) is 4. The zero-order valence-electron chi connectivity index (χ0n) is 34.0. The van der Waals surface area contributed by atoms with Gasteiger partial charge in [-0.2, -0.15) is 0 Å². The molecule has 0 rings (SSSR count). The van der Waals surface area contributed by atoms with E-state index in [9.17, 15) is 9.59 Å². The Hall–Kier alpha value is -0.890. The molecule has 296 valence electrons. The number of halogens is 1. The lowest BCUT2D eigenvalue weighted by atomic mass is 10.1. The molecule has 6 heteroatoms. The molecule has 0 radical (unpaired) electrons. The molecule has 5 nitrogen and oxygen atoms in total. The molecule has 0 aromatic heterocycles. The van der Waals surface area contributed by atoms with Crippen LogP contribution >= 0.6 is 0 Å². The van der Waals surface area contributed by atoms with Gasteiger partial charge in [0.1, 0.15) is 13.2 Å². The number of unbranched alkanes of at least 4 members (excludes halogenated alkanes) is 22. The highest BCUT2D eigenvalue weighted by Crippen LogP contribution is 2.14. The number of allylic oxidation sites excluding steroid dienone is 4. The van der Waals surface area contributed by atoms with Crippen molar-refractivity contribution in [3.05, 3.63) is 24.3 Å². The predicted molar refractivity (Wildman–Crippen MR) is 212 cm³/mol. The summed E-state index contributed by atoms with van der Waals surface area (Å²) in [7, 11) is 2.18. The summed E-state index contributed by atoms with van der Waals surface area (Å²) in [5, 5.41) is 0. The van der Waals surface area contributed by atoms with E-state index >= 15 is 0 Å². The fourth-order valence-electron chi connectivity index (χ4n) is 6.28. The molecule has 0 aromatic carbocycles. The Kier molecular flexibility index (Phi) is 40.3. The minimum absolute atomic E-state index is 0. The first-order chi connectivity index (χ1) is 23.9. The van der Waals surface area contributed by atoms with E-state index in [-0.39, 0.29) is 42.5 Å². The van der Waals surface area contributed by atoms with Crippen LogP contribution in [0.15, 0.2) is 24.3 Å². The number of rotatable bonds is 37. The highest BCUT2D eigenvalue weighted by atomic mass is 127. The van der Waals surface area contributed by atoms with Gasteiger partial charge >= 0.3 is 11.9 Å². The van der Waals surface area contributed by atoms with Gasteiger partial charge in [0.25, 0.3) is 0 Å². The Labute approximate surface area is 329 Å². The van der Waals surface area contributed by atoms with Crippen LogP contribution in [0.4, 0.5) is 0 Å². The van der Waals surface area contributed by atoms with Gasteiger partial charge < -0.3 is 37.9 Å². The van der Waals surface area contributed by atoms with Crippen LogP contribution in [0.2, 0.25) is 0 Å². The summed E-state index contributed by atoms with van der Waals surface area (Å²) in [6.07, 6.45) is 42.1. The third kappa shape index (κ3) is 35.5. The third-order valence-corrected chi connectivity index (χ3v) is 10.2. The average Bonchev–Trinajstić information content (AvgIpc) is 3.10. The van der Waals surface area contributed by atoms with Crippen molar-refractivity contribution in [2.24, 2.45) is 0 Å². The van der Waals surface area contributed by atoms with Crippen LogP contribution in [0, 0.1) is 0 Å². The van der Waals surface area contributed by atoms with Gasteiger partial charge in [-0.05, 0) is 78.1 Å². The Bertz CT molecular complexity index is 795. The zero-order chi connectivity index (χ0) is 36.1. The zero-order valence-corrected chi connectivity index (χ0v) is 36.1. The van der Waals surface area contributed by atoms with Crippen LogP contribution in [0.25, 0.3) is 0 Å². The number of nitrogens with zero attached hydrogens (tertiary/aromatic N) is 1. The minimum Gasteiger partial charge on any atom is -1.00 e. The van der Waals surface area contributed by atoms with Crippen LogP contribution in [-0.2, 0) is 19.1 Å². The summed E-state index contributed by atoms with van der Waals surface area (Å²) in [6.45, 7) is 11.6. The molecule has 0 aliphatic rings. The lowest BCUT2D eigenvalue weighted by Crippen LogP contribution is -3.00. The number of carbonyl (C=O) groups is 2. The predicted octanol–water partition coefficient (Wildman–Crippen LogP) is 10.0. The van der Waals surface area contributed by atoms with Crippen LogP contribution in [0.3, 0.4) is 0 Å². The van der Waals surface area contributed by atoms with Crippen molar-refractivity contribution < 1.29 is 47.5 Å². The molecule has 1 unspecified atom stereocenters. The molecule has 0 aromatic rings. The number of carbonyl (C=O) groups excluding carboxylic acids is 2. The van der Waals surface area contributed by atoms with Crippen molar-refractivity contribution >= 4 is 11.9 Å². The summed E-state index contributed by atoms with van der Waals surface area (Å²) in [6, 6.07) is 0. The SMILES string of the molecule is CCCCCCCC/C=C/CCCCCCCC(=O)OCC(C[N+](C)(CC)CC)OC(=O)CCCCCCC/C=C/CCCCCCCC.[I-].